The summed E-state index contributed by atoms with van der Waals surface area (Å²) in [7, 11) is -1.29. The molecule has 0 bridgehead atoms. The van der Waals surface area contributed by atoms with E-state index in [9.17, 15) is 8.42 Å². The Bertz CT molecular complexity index is 511. The van der Waals surface area contributed by atoms with Crippen LogP contribution in [0.2, 0.25) is 0 Å². The van der Waals surface area contributed by atoms with Gasteiger partial charge in [-0.3, -0.25) is 0 Å². The Morgan fingerprint density at radius 1 is 1.21 bits per heavy atom. The van der Waals surface area contributed by atoms with Gasteiger partial charge in [0.1, 0.15) is 0 Å². The molecule has 24 heavy (non-hydrogen) atoms. The third kappa shape index (κ3) is 4.12. The normalized spacial score (nSPS) is 30.2. The van der Waals surface area contributed by atoms with Crippen LogP contribution in [-0.4, -0.2) is 83.5 Å². The molecule has 0 amide bonds. The predicted octanol–water partition coefficient (Wildman–Crippen LogP) is 1.03. The molecule has 3 rings (SSSR count). The SMILES string of the molecule is COCC1CN(CC2CCOCC2)CC12CCN(S(C)(=O)=O)CC2. The van der Waals surface area contributed by atoms with E-state index >= 15 is 0 Å². The van der Waals surface area contributed by atoms with Gasteiger partial charge in [0.15, 0.2) is 0 Å². The topological polar surface area (TPSA) is 59.1 Å². The molecule has 0 aromatic rings. The third-order valence-electron chi connectivity index (χ3n) is 6.30. The zero-order valence-electron chi connectivity index (χ0n) is 15.1. The van der Waals surface area contributed by atoms with Gasteiger partial charge in [-0.1, -0.05) is 0 Å². The van der Waals surface area contributed by atoms with Crippen molar-refractivity contribution in [2.45, 2.75) is 25.7 Å². The van der Waals surface area contributed by atoms with E-state index in [-0.39, 0.29) is 5.41 Å². The standard InChI is InChI=1S/C17H32N2O4S/c1-22-13-16-12-18(11-15-3-9-23-10-4-15)14-17(16)5-7-19(8-6-17)24(2,20)21/h15-16H,3-14H2,1-2H3. The minimum absolute atomic E-state index is 0.225. The zero-order valence-corrected chi connectivity index (χ0v) is 15.9. The Hall–Kier alpha value is -0.210. The molecule has 1 unspecified atom stereocenters. The molecule has 0 saturated carbocycles. The van der Waals surface area contributed by atoms with Crippen molar-refractivity contribution in [1.82, 2.24) is 9.21 Å². The van der Waals surface area contributed by atoms with Crippen LogP contribution in [0.1, 0.15) is 25.7 Å². The Labute approximate surface area is 146 Å². The fraction of sp³-hybridized carbons (Fsp3) is 1.00. The molecule has 140 valence electrons. The van der Waals surface area contributed by atoms with Crippen LogP contribution in [0.3, 0.4) is 0 Å². The summed E-state index contributed by atoms with van der Waals surface area (Å²) in [6.07, 6.45) is 5.57. The lowest BCUT2D eigenvalue weighted by atomic mass is 9.71. The lowest BCUT2D eigenvalue weighted by molar-refractivity contribution is 0.0507. The Balaban J connectivity index is 1.63. The highest BCUT2D eigenvalue weighted by Gasteiger charge is 2.48. The van der Waals surface area contributed by atoms with Crippen LogP contribution >= 0.6 is 0 Å². The van der Waals surface area contributed by atoms with Crippen molar-refractivity contribution >= 4 is 10.0 Å². The van der Waals surface area contributed by atoms with Crippen LogP contribution < -0.4 is 0 Å². The first-order valence-corrected chi connectivity index (χ1v) is 11.0. The summed E-state index contributed by atoms with van der Waals surface area (Å²) in [5, 5.41) is 0. The molecule has 3 aliphatic heterocycles. The molecule has 3 aliphatic rings. The largest absolute Gasteiger partial charge is 0.384 e. The van der Waals surface area contributed by atoms with E-state index in [2.05, 4.69) is 4.90 Å². The van der Waals surface area contributed by atoms with Gasteiger partial charge in [-0.05, 0) is 37.0 Å². The second-order valence-electron chi connectivity index (χ2n) is 7.93. The maximum absolute atomic E-state index is 11.8. The Kier molecular flexibility index (Phi) is 5.87. The van der Waals surface area contributed by atoms with Gasteiger partial charge in [-0.15, -0.1) is 0 Å². The van der Waals surface area contributed by atoms with Crippen molar-refractivity contribution in [1.29, 1.82) is 0 Å². The molecule has 0 radical (unpaired) electrons. The molecule has 3 fully saturated rings. The van der Waals surface area contributed by atoms with E-state index in [0.29, 0.717) is 19.0 Å². The number of methoxy groups -OCH3 is 1. The summed E-state index contributed by atoms with van der Waals surface area (Å²) in [6, 6.07) is 0. The van der Waals surface area contributed by atoms with Crippen molar-refractivity contribution in [3.63, 3.8) is 0 Å². The zero-order chi connectivity index (χ0) is 17.2. The maximum atomic E-state index is 11.8. The van der Waals surface area contributed by atoms with E-state index in [1.165, 1.54) is 19.1 Å². The van der Waals surface area contributed by atoms with Crippen molar-refractivity contribution in [3.8, 4) is 0 Å². The molecular formula is C17H32N2O4S. The predicted molar refractivity (Wildman–Crippen MR) is 93.4 cm³/mol. The van der Waals surface area contributed by atoms with Gasteiger partial charge >= 0.3 is 0 Å². The lowest BCUT2D eigenvalue weighted by Crippen LogP contribution is -2.47. The van der Waals surface area contributed by atoms with Gasteiger partial charge in [-0.25, -0.2) is 12.7 Å². The number of hydrogen-bond donors (Lipinski definition) is 0. The first-order valence-electron chi connectivity index (χ1n) is 9.17. The highest BCUT2D eigenvalue weighted by molar-refractivity contribution is 7.88. The minimum Gasteiger partial charge on any atom is -0.384 e. The average molecular weight is 361 g/mol. The van der Waals surface area contributed by atoms with E-state index in [1.807, 2.05) is 0 Å². The van der Waals surface area contributed by atoms with Crippen molar-refractivity contribution in [3.05, 3.63) is 0 Å². The van der Waals surface area contributed by atoms with Gasteiger partial charge in [0, 0.05) is 59.0 Å². The molecule has 7 heteroatoms. The van der Waals surface area contributed by atoms with Crippen LogP contribution in [0.25, 0.3) is 0 Å². The third-order valence-corrected chi connectivity index (χ3v) is 7.60. The molecule has 0 aliphatic carbocycles. The molecule has 1 spiro atoms. The summed E-state index contributed by atoms with van der Waals surface area (Å²) >= 11 is 0. The summed E-state index contributed by atoms with van der Waals surface area (Å²) in [5.41, 5.74) is 0.225. The minimum atomic E-state index is -3.06. The van der Waals surface area contributed by atoms with Gasteiger partial charge < -0.3 is 14.4 Å². The number of piperidine rings is 1. The van der Waals surface area contributed by atoms with Crippen LogP contribution in [0.4, 0.5) is 0 Å². The molecular weight excluding hydrogens is 328 g/mol. The van der Waals surface area contributed by atoms with Crippen molar-refractivity contribution in [2.75, 3.05) is 65.9 Å². The lowest BCUT2D eigenvalue weighted by Gasteiger charge is -2.41. The second-order valence-corrected chi connectivity index (χ2v) is 9.91. The van der Waals surface area contributed by atoms with Crippen LogP contribution in [0.5, 0.6) is 0 Å². The first kappa shape index (κ1) is 18.6. The number of sulfonamides is 1. The van der Waals surface area contributed by atoms with E-state index in [4.69, 9.17) is 9.47 Å². The second kappa shape index (κ2) is 7.58. The van der Waals surface area contributed by atoms with Crippen LogP contribution in [0.15, 0.2) is 0 Å². The molecule has 0 aromatic heterocycles. The molecule has 1 atom stereocenters. The highest BCUT2D eigenvalue weighted by Crippen LogP contribution is 2.45. The number of likely N-dealkylation sites (tertiary alicyclic amines) is 1. The highest BCUT2D eigenvalue weighted by atomic mass is 32.2. The van der Waals surface area contributed by atoms with E-state index in [0.717, 1.165) is 58.2 Å². The number of hydrogen-bond acceptors (Lipinski definition) is 5. The molecule has 6 nitrogen and oxygen atoms in total. The average Bonchev–Trinajstić information content (AvgIpc) is 2.85. The van der Waals surface area contributed by atoms with Crippen molar-refractivity contribution in [2.24, 2.45) is 17.3 Å². The first-order chi connectivity index (χ1) is 11.4. The summed E-state index contributed by atoms with van der Waals surface area (Å²) < 4.78 is 36.2. The number of nitrogens with zero attached hydrogens (tertiary/aromatic N) is 2. The van der Waals surface area contributed by atoms with Crippen LogP contribution in [0, 0.1) is 17.3 Å². The summed E-state index contributed by atoms with van der Waals surface area (Å²) in [5.74, 6) is 1.26. The van der Waals surface area contributed by atoms with Gasteiger partial charge in [0.2, 0.25) is 10.0 Å². The Morgan fingerprint density at radius 2 is 1.88 bits per heavy atom. The van der Waals surface area contributed by atoms with E-state index in [1.54, 1.807) is 11.4 Å². The van der Waals surface area contributed by atoms with Gasteiger partial charge in [-0.2, -0.15) is 0 Å². The van der Waals surface area contributed by atoms with Crippen molar-refractivity contribution < 1.29 is 17.9 Å². The van der Waals surface area contributed by atoms with Gasteiger partial charge in [0.05, 0.1) is 12.9 Å². The molecule has 3 heterocycles. The fourth-order valence-corrected chi connectivity index (χ4v) is 5.68. The van der Waals surface area contributed by atoms with E-state index < -0.39 is 10.0 Å². The molecule has 0 aromatic carbocycles. The number of rotatable bonds is 5. The molecule has 0 N–H and O–H groups in total. The smallest absolute Gasteiger partial charge is 0.211 e. The number of ether oxygens (including phenoxy) is 2. The van der Waals surface area contributed by atoms with Crippen LogP contribution in [-0.2, 0) is 19.5 Å². The quantitative estimate of drug-likeness (QED) is 0.733. The monoisotopic (exact) mass is 360 g/mol. The fourth-order valence-electron chi connectivity index (χ4n) is 4.84. The van der Waals surface area contributed by atoms with Gasteiger partial charge in [0.25, 0.3) is 0 Å². The maximum Gasteiger partial charge on any atom is 0.211 e. The Morgan fingerprint density at radius 3 is 2.46 bits per heavy atom. The summed E-state index contributed by atoms with van der Waals surface area (Å²) in [6.45, 7) is 7.22. The summed E-state index contributed by atoms with van der Waals surface area (Å²) in [4.78, 5) is 2.61. The molecule has 3 saturated heterocycles.